The van der Waals surface area contributed by atoms with E-state index in [1.807, 2.05) is 32.2 Å². The fraction of sp³-hybridized carbons (Fsp3) is 0.500. The molecule has 3 rings (SSSR count). The molecule has 0 amide bonds. The predicted molar refractivity (Wildman–Crippen MR) is 81.2 cm³/mol. The standard InChI is InChI=1S/C16H20ClNO2/c1-3-19-16(10-4-5-10)15(18-2)14-9-11-8-12(17)6-7-13(11)20-14/h6-10,15-16,18H,3-5H2,1-2H3. The Bertz CT molecular complexity index is 591. The summed E-state index contributed by atoms with van der Waals surface area (Å²) >= 11 is 6.03. The molecule has 0 saturated heterocycles. The zero-order chi connectivity index (χ0) is 14.1. The van der Waals surface area contributed by atoms with Gasteiger partial charge in [-0.25, -0.2) is 0 Å². The SMILES string of the molecule is CCOC(C1CC1)C(NC)c1cc2cc(Cl)ccc2o1. The number of ether oxygens (including phenoxy) is 1. The molecule has 2 unspecified atom stereocenters. The van der Waals surface area contributed by atoms with Gasteiger partial charge < -0.3 is 14.5 Å². The molecule has 1 heterocycles. The van der Waals surface area contributed by atoms with Crippen LogP contribution >= 0.6 is 11.6 Å². The van der Waals surface area contributed by atoms with Crippen LogP contribution in [0.25, 0.3) is 11.0 Å². The van der Waals surface area contributed by atoms with Gasteiger partial charge in [-0.2, -0.15) is 0 Å². The van der Waals surface area contributed by atoms with Crippen molar-refractivity contribution in [3.63, 3.8) is 0 Å². The predicted octanol–water partition coefficient (Wildman–Crippen LogP) is 4.16. The van der Waals surface area contributed by atoms with Crippen LogP contribution in [0.5, 0.6) is 0 Å². The first-order chi connectivity index (χ1) is 9.72. The number of rotatable bonds is 6. The normalized spacial score (nSPS) is 18.4. The average Bonchev–Trinajstić information content (AvgIpc) is 3.19. The molecule has 108 valence electrons. The summed E-state index contributed by atoms with van der Waals surface area (Å²) in [7, 11) is 1.96. The Kier molecular flexibility index (Phi) is 4.01. The molecule has 1 aromatic carbocycles. The maximum Gasteiger partial charge on any atom is 0.134 e. The van der Waals surface area contributed by atoms with E-state index in [2.05, 4.69) is 11.4 Å². The minimum absolute atomic E-state index is 0.0913. The number of likely N-dealkylation sites (N-methyl/N-ethyl adjacent to an activating group) is 1. The fourth-order valence-corrected chi connectivity index (χ4v) is 2.96. The van der Waals surface area contributed by atoms with E-state index < -0.39 is 0 Å². The fourth-order valence-electron chi connectivity index (χ4n) is 2.78. The average molecular weight is 294 g/mol. The van der Waals surface area contributed by atoms with E-state index in [9.17, 15) is 0 Å². The lowest BCUT2D eigenvalue weighted by atomic mass is 10.0. The zero-order valence-electron chi connectivity index (χ0n) is 11.9. The largest absolute Gasteiger partial charge is 0.459 e. The van der Waals surface area contributed by atoms with Gasteiger partial charge in [-0.1, -0.05) is 11.6 Å². The number of furan rings is 1. The summed E-state index contributed by atoms with van der Waals surface area (Å²) in [5.74, 6) is 1.57. The summed E-state index contributed by atoms with van der Waals surface area (Å²) in [6, 6.07) is 7.86. The second-order valence-corrected chi connectivity index (χ2v) is 5.79. The van der Waals surface area contributed by atoms with E-state index in [0.717, 1.165) is 28.4 Å². The van der Waals surface area contributed by atoms with Crippen molar-refractivity contribution in [1.82, 2.24) is 5.32 Å². The first kappa shape index (κ1) is 13.9. The third kappa shape index (κ3) is 2.71. The highest BCUT2D eigenvalue weighted by molar-refractivity contribution is 6.31. The molecule has 20 heavy (non-hydrogen) atoms. The van der Waals surface area contributed by atoms with E-state index in [-0.39, 0.29) is 12.1 Å². The summed E-state index contributed by atoms with van der Waals surface area (Å²) in [5.41, 5.74) is 0.871. The van der Waals surface area contributed by atoms with E-state index in [0.29, 0.717) is 5.92 Å². The molecule has 1 aliphatic rings. The van der Waals surface area contributed by atoms with Crippen molar-refractivity contribution in [2.45, 2.75) is 31.9 Å². The second kappa shape index (κ2) is 5.76. The highest BCUT2D eigenvalue weighted by atomic mass is 35.5. The Morgan fingerprint density at radius 2 is 2.20 bits per heavy atom. The van der Waals surface area contributed by atoms with Crippen LogP contribution in [0, 0.1) is 5.92 Å². The number of hydrogen-bond acceptors (Lipinski definition) is 3. The molecule has 1 aliphatic carbocycles. The molecule has 0 aliphatic heterocycles. The molecule has 0 bridgehead atoms. The van der Waals surface area contributed by atoms with E-state index >= 15 is 0 Å². The molecular formula is C16H20ClNO2. The van der Waals surface area contributed by atoms with Crippen LogP contribution in [0.15, 0.2) is 28.7 Å². The second-order valence-electron chi connectivity index (χ2n) is 5.35. The lowest BCUT2D eigenvalue weighted by Crippen LogP contribution is -2.33. The van der Waals surface area contributed by atoms with Crippen molar-refractivity contribution in [3.05, 3.63) is 35.0 Å². The zero-order valence-corrected chi connectivity index (χ0v) is 12.6. The molecule has 0 radical (unpaired) electrons. The maximum absolute atomic E-state index is 6.03. The van der Waals surface area contributed by atoms with Crippen LogP contribution in [0.4, 0.5) is 0 Å². The van der Waals surface area contributed by atoms with Crippen LogP contribution in [0.2, 0.25) is 5.02 Å². The lowest BCUT2D eigenvalue weighted by molar-refractivity contribution is 0.0156. The number of nitrogens with one attached hydrogen (secondary N) is 1. The summed E-state index contributed by atoms with van der Waals surface area (Å²) in [6.45, 7) is 2.77. The van der Waals surface area contributed by atoms with Gasteiger partial charge in [-0.05, 0) is 57.0 Å². The quantitative estimate of drug-likeness (QED) is 0.868. The molecule has 1 N–H and O–H groups in total. The Labute approximate surface area is 124 Å². The topological polar surface area (TPSA) is 34.4 Å². The molecule has 0 spiro atoms. The maximum atomic E-state index is 6.03. The van der Waals surface area contributed by atoms with Gasteiger partial charge >= 0.3 is 0 Å². The van der Waals surface area contributed by atoms with Crippen LogP contribution < -0.4 is 5.32 Å². The van der Waals surface area contributed by atoms with Gasteiger partial charge in [0, 0.05) is 17.0 Å². The summed E-state index contributed by atoms with van der Waals surface area (Å²) in [5, 5.41) is 5.12. The van der Waals surface area contributed by atoms with Crippen LogP contribution in [-0.4, -0.2) is 19.8 Å². The smallest absolute Gasteiger partial charge is 0.134 e. The van der Waals surface area contributed by atoms with Gasteiger partial charge in [0.15, 0.2) is 0 Å². The van der Waals surface area contributed by atoms with Crippen molar-refractivity contribution in [3.8, 4) is 0 Å². The summed E-state index contributed by atoms with van der Waals surface area (Å²) in [6.07, 6.45) is 2.67. The van der Waals surface area contributed by atoms with Crippen LogP contribution in [0.3, 0.4) is 0 Å². The molecule has 4 heteroatoms. The minimum Gasteiger partial charge on any atom is -0.459 e. The third-order valence-corrected chi connectivity index (χ3v) is 4.12. The van der Waals surface area contributed by atoms with Crippen molar-refractivity contribution >= 4 is 22.6 Å². The highest BCUT2D eigenvalue weighted by Gasteiger charge is 2.38. The summed E-state index contributed by atoms with van der Waals surface area (Å²) < 4.78 is 11.9. The monoisotopic (exact) mass is 293 g/mol. The van der Waals surface area contributed by atoms with Crippen molar-refractivity contribution in [2.24, 2.45) is 5.92 Å². The molecule has 1 aromatic heterocycles. The Balaban J connectivity index is 1.93. The lowest BCUT2D eigenvalue weighted by Gasteiger charge is -2.25. The number of fused-ring (bicyclic) bond motifs is 1. The van der Waals surface area contributed by atoms with Crippen molar-refractivity contribution < 1.29 is 9.15 Å². The Morgan fingerprint density at radius 1 is 1.40 bits per heavy atom. The van der Waals surface area contributed by atoms with E-state index in [4.69, 9.17) is 20.8 Å². The number of halogens is 1. The van der Waals surface area contributed by atoms with E-state index in [1.54, 1.807) is 0 Å². The van der Waals surface area contributed by atoms with Gasteiger partial charge in [0.05, 0.1) is 12.1 Å². The molecule has 3 nitrogen and oxygen atoms in total. The first-order valence-corrected chi connectivity index (χ1v) is 7.58. The molecule has 1 saturated carbocycles. The third-order valence-electron chi connectivity index (χ3n) is 3.89. The highest BCUT2D eigenvalue weighted by Crippen LogP contribution is 2.41. The number of benzene rings is 1. The number of hydrogen-bond donors (Lipinski definition) is 1. The van der Waals surface area contributed by atoms with Gasteiger partial charge in [-0.3, -0.25) is 0 Å². The van der Waals surface area contributed by atoms with Crippen molar-refractivity contribution in [2.75, 3.05) is 13.7 Å². The molecule has 2 atom stereocenters. The Morgan fingerprint density at radius 3 is 2.85 bits per heavy atom. The molecule has 1 fully saturated rings. The Hall–Kier alpha value is -1.03. The van der Waals surface area contributed by atoms with Crippen LogP contribution in [0.1, 0.15) is 31.6 Å². The first-order valence-electron chi connectivity index (χ1n) is 7.20. The van der Waals surface area contributed by atoms with Gasteiger partial charge in [0.25, 0.3) is 0 Å². The minimum atomic E-state index is 0.0913. The van der Waals surface area contributed by atoms with Gasteiger partial charge in [-0.15, -0.1) is 0 Å². The van der Waals surface area contributed by atoms with Crippen molar-refractivity contribution in [1.29, 1.82) is 0 Å². The van der Waals surface area contributed by atoms with Gasteiger partial charge in [0.1, 0.15) is 11.3 Å². The molecular weight excluding hydrogens is 274 g/mol. The van der Waals surface area contributed by atoms with Gasteiger partial charge in [0.2, 0.25) is 0 Å². The molecule has 2 aromatic rings. The summed E-state index contributed by atoms with van der Waals surface area (Å²) in [4.78, 5) is 0. The van der Waals surface area contributed by atoms with Crippen LogP contribution in [-0.2, 0) is 4.74 Å². The van der Waals surface area contributed by atoms with E-state index in [1.165, 1.54) is 12.8 Å².